The topological polar surface area (TPSA) is 37.3 Å². The second kappa shape index (κ2) is 5.29. The van der Waals surface area contributed by atoms with Crippen molar-refractivity contribution in [1.29, 1.82) is 0 Å². The Labute approximate surface area is 86.0 Å². The summed E-state index contributed by atoms with van der Waals surface area (Å²) < 4.78 is 0. The summed E-state index contributed by atoms with van der Waals surface area (Å²) in [4.78, 5) is 11.8. The standard InChI is InChI=1S/C9H12O2S2/c1-7(9(10)11)12-6-4-8-3-2-5-13-8/h2-3,5,7H,4,6H2,1H3,(H,10,11). The highest BCUT2D eigenvalue weighted by molar-refractivity contribution is 8.00. The highest BCUT2D eigenvalue weighted by Gasteiger charge is 2.10. The molecule has 1 unspecified atom stereocenters. The molecule has 13 heavy (non-hydrogen) atoms. The Hall–Kier alpha value is -0.480. The highest BCUT2D eigenvalue weighted by atomic mass is 32.2. The lowest BCUT2D eigenvalue weighted by atomic mass is 10.4. The number of rotatable bonds is 5. The summed E-state index contributed by atoms with van der Waals surface area (Å²) in [7, 11) is 0. The quantitative estimate of drug-likeness (QED) is 0.821. The molecule has 1 aromatic rings. The second-order valence-electron chi connectivity index (χ2n) is 2.68. The second-order valence-corrected chi connectivity index (χ2v) is 5.16. The van der Waals surface area contributed by atoms with Crippen molar-refractivity contribution in [2.45, 2.75) is 18.6 Å². The normalized spacial score (nSPS) is 12.7. The van der Waals surface area contributed by atoms with Crippen molar-refractivity contribution in [2.24, 2.45) is 0 Å². The number of hydrogen-bond donors (Lipinski definition) is 1. The van der Waals surface area contributed by atoms with Gasteiger partial charge in [0.1, 0.15) is 0 Å². The monoisotopic (exact) mass is 216 g/mol. The lowest BCUT2D eigenvalue weighted by molar-refractivity contribution is -0.136. The van der Waals surface area contributed by atoms with Crippen molar-refractivity contribution in [1.82, 2.24) is 0 Å². The van der Waals surface area contributed by atoms with E-state index >= 15 is 0 Å². The molecule has 0 spiro atoms. The number of carboxylic acids is 1. The first-order valence-electron chi connectivity index (χ1n) is 4.07. The average Bonchev–Trinajstić information content (AvgIpc) is 2.56. The number of thioether (sulfide) groups is 1. The van der Waals surface area contributed by atoms with Crippen LogP contribution in [0.1, 0.15) is 11.8 Å². The summed E-state index contributed by atoms with van der Waals surface area (Å²) in [5, 5.41) is 10.4. The van der Waals surface area contributed by atoms with E-state index < -0.39 is 5.97 Å². The third kappa shape index (κ3) is 3.83. The lowest BCUT2D eigenvalue weighted by Gasteiger charge is -2.03. The van der Waals surface area contributed by atoms with Crippen LogP contribution in [0.25, 0.3) is 0 Å². The number of carbonyl (C=O) groups is 1. The van der Waals surface area contributed by atoms with E-state index in [9.17, 15) is 4.79 Å². The number of hydrogen-bond acceptors (Lipinski definition) is 3. The molecule has 0 aromatic carbocycles. The number of carboxylic acid groups (broad SMARTS) is 1. The first-order chi connectivity index (χ1) is 6.20. The third-order valence-electron chi connectivity index (χ3n) is 1.64. The summed E-state index contributed by atoms with van der Waals surface area (Å²) in [6.45, 7) is 1.72. The summed E-state index contributed by atoms with van der Waals surface area (Å²) in [5.41, 5.74) is 0. The zero-order chi connectivity index (χ0) is 9.68. The molecular formula is C9H12O2S2. The Morgan fingerprint density at radius 1 is 1.77 bits per heavy atom. The molecule has 0 aliphatic rings. The Balaban J connectivity index is 2.18. The molecule has 0 saturated heterocycles. The molecule has 0 aliphatic heterocycles. The molecule has 1 atom stereocenters. The van der Waals surface area contributed by atoms with Crippen LogP contribution in [0, 0.1) is 0 Å². The molecule has 72 valence electrons. The van der Waals surface area contributed by atoms with E-state index in [1.165, 1.54) is 16.6 Å². The first kappa shape index (κ1) is 10.6. The predicted molar refractivity (Wildman–Crippen MR) is 57.6 cm³/mol. The van der Waals surface area contributed by atoms with E-state index in [1.54, 1.807) is 18.3 Å². The van der Waals surface area contributed by atoms with Gasteiger partial charge in [0, 0.05) is 4.88 Å². The maximum Gasteiger partial charge on any atom is 0.316 e. The molecule has 1 aromatic heterocycles. The van der Waals surface area contributed by atoms with Crippen molar-refractivity contribution >= 4 is 29.1 Å². The van der Waals surface area contributed by atoms with Crippen LogP contribution in [-0.4, -0.2) is 22.1 Å². The Kier molecular flexibility index (Phi) is 4.32. The van der Waals surface area contributed by atoms with Gasteiger partial charge in [-0.3, -0.25) is 4.79 Å². The van der Waals surface area contributed by atoms with Gasteiger partial charge in [0.05, 0.1) is 5.25 Å². The molecule has 1 heterocycles. The fourth-order valence-corrected chi connectivity index (χ4v) is 2.53. The third-order valence-corrected chi connectivity index (χ3v) is 3.72. The maximum absolute atomic E-state index is 10.5. The fraction of sp³-hybridized carbons (Fsp3) is 0.444. The van der Waals surface area contributed by atoms with E-state index in [4.69, 9.17) is 5.11 Å². The molecule has 4 heteroatoms. The molecule has 1 N–H and O–H groups in total. The average molecular weight is 216 g/mol. The van der Waals surface area contributed by atoms with Crippen LogP contribution >= 0.6 is 23.1 Å². The van der Waals surface area contributed by atoms with E-state index in [0.717, 1.165) is 12.2 Å². The SMILES string of the molecule is CC(SCCc1cccs1)C(=O)O. The lowest BCUT2D eigenvalue weighted by Crippen LogP contribution is -2.12. The number of aryl methyl sites for hydroxylation is 1. The van der Waals surface area contributed by atoms with Crippen molar-refractivity contribution in [3.8, 4) is 0 Å². The van der Waals surface area contributed by atoms with Crippen LogP contribution in [0.5, 0.6) is 0 Å². The minimum absolute atomic E-state index is 0.292. The van der Waals surface area contributed by atoms with Crippen molar-refractivity contribution in [3.63, 3.8) is 0 Å². The van der Waals surface area contributed by atoms with E-state index in [2.05, 4.69) is 6.07 Å². The minimum Gasteiger partial charge on any atom is -0.480 e. The van der Waals surface area contributed by atoms with E-state index in [1.807, 2.05) is 11.4 Å². The molecule has 0 radical (unpaired) electrons. The zero-order valence-corrected chi connectivity index (χ0v) is 9.03. The van der Waals surface area contributed by atoms with Crippen LogP contribution < -0.4 is 0 Å². The summed E-state index contributed by atoms with van der Waals surface area (Å²) in [6.07, 6.45) is 0.972. The molecule has 0 amide bonds. The van der Waals surface area contributed by atoms with Crippen molar-refractivity contribution in [3.05, 3.63) is 22.4 Å². The van der Waals surface area contributed by atoms with Gasteiger partial charge in [0.15, 0.2) is 0 Å². The van der Waals surface area contributed by atoms with Gasteiger partial charge in [-0.15, -0.1) is 23.1 Å². The molecule has 2 nitrogen and oxygen atoms in total. The van der Waals surface area contributed by atoms with Gasteiger partial charge >= 0.3 is 5.97 Å². The van der Waals surface area contributed by atoms with Crippen LogP contribution in [0.15, 0.2) is 17.5 Å². The van der Waals surface area contributed by atoms with Gasteiger partial charge in [-0.2, -0.15) is 0 Å². The Morgan fingerprint density at radius 3 is 3.08 bits per heavy atom. The smallest absolute Gasteiger partial charge is 0.316 e. The van der Waals surface area contributed by atoms with Crippen molar-refractivity contribution in [2.75, 3.05) is 5.75 Å². The fourth-order valence-electron chi connectivity index (χ4n) is 0.862. The van der Waals surface area contributed by atoms with Gasteiger partial charge in [-0.05, 0) is 30.5 Å². The zero-order valence-electron chi connectivity index (χ0n) is 7.40. The first-order valence-corrected chi connectivity index (χ1v) is 6.00. The Morgan fingerprint density at radius 2 is 2.54 bits per heavy atom. The van der Waals surface area contributed by atoms with Gasteiger partial charge in [-0.1, -0.05) is 6.07 Å². The number of thiophene rings is 1. The maximum atomic E-state index is 10.5. The Bertz CT molecular complexity index is 257. The van der Waals surface area contributed by atoms with Gasteiger partial charge in [0.2, 0.25) is 0 Å². The van der Waals surface area contributed by atoms with Gasteiger partial charge in [-0.25, -0.2) is 0 Å². The predicted octanol–water partition coefficient (Wildman–Crippen LogP) is 2.50. The molecule has 0 saturated carbocycles. The largest absolute Gasteiger partial charge is 0.480 e. The van der Waals surface area contributed by atoms with E-state index in [0.29, 0.717) is 0 Å². The molecule has 0 fully saturated rings. The van der Waals surface area contributed by atoms with Gasteiger partial charge < -0.3 is 5.11 Å². The highest BCUT2D eigenvalue weighted by Crippen LogP contribution is 2.15. The van der Waals surface area contributed by atoms with Crippen LogP contribution in [-0.2, 0) is 11.2 Å². The minimum atomic E-state index is -0.726. The van der Waals surface area contributed by atoms with Crippen LogP contribution in [0.3, 0.4) is 0 Å². The molecular weight excluding hydrogens is 204 g/mol. The molecule has 1 rings (SSSR count). The molecule has 0 aliphatic carbocycles. The van der Waals surface area contributed by atoms with E-state index in [-0.39, 0.29) is 5.25 Å². The summed E-state index contributed by atoms with van der Waals surface area (Å²) in [5.74, 6) is 0.157. The number of aliphatic carboxylic acids is 1. The summed E-state index contributed by atoms with van der Waals surface area (Å²) >= 11 is 3.21. The van der Waals surface area contributed by atoms with Gasteiger partial charge in [0.25, 0.3) is 0 Å². The molecule has 0 bridgehead atoms. The summed E-state index contributed by atoms with van der Waals surface area (Å²) in [6, 6.07) is 4.10. The van der Waals surface area contributed by atoms with Crippen molar-refractivity contribution < 1.29 is 9.90 Å². The van der Waals surface area contributed by atoms with Crippen LogP contribution in [0.2, 0.25) is 0 Å². The van der Waals surface area contributed by atoms with Crippen LogP contribution in [0.4, 0.5) is 0 Å².